The second-order valence-electron chi connectivity index (χ2n) is 4.49. The van der Waals surface area contributed by atoms with E-state index in [-0.39, 0.29) is 11.3 Å². The number of hydrogen-bond acceptors (Lipinski definition) is 3. The van der Waals surface area contributed by atoms with E-state index in [9.17, 15) is 15.0 Å². The summed E-state index contributed by atoms with van der Waals surface area (Å²) in [6.45, 7) is 1.73. The highest BCUT2D eigenvalue weighted by Crippen LogP contribution is 2.30. The minimum Gasteiger partial charge on any atom is -0.508 e. The summed E-state index contributed by atoms with van der Waals surface area (Å²) in [6, 6.07) is 10.1. The van der Waals surface area contributed by atoms with Gasteiger partial charge in [0.2, 0.25) is 0 Å². The Balaban J connectivity index is 2.44. The monoisotopic (exact) mass is 268 g/mol. The third kappa shape index (κ3) is 1.72. The van der Waals surface area contributed by atoms with E-state index in [1.807, 2.05) is 12.1 Å². The first kappa shape index (κ1) is 12.2. The standard InChI is InChI=1S/C15H12N2O3/c1-9-14(15(19)20)11-8-10(18)5-6-12(11)17(9)13-4-2-3-7-16-13/h2-8,18H,1H3,(H,19,20). The van der Waals surface area contributed by atoms with Crippen LogP contribution in [0.25, 0.3) is 16.7 Å². The minimum atomic E-state index is -1.02. The van der Waals surface area contributed by atoms with Gasteiger partial charge in [-0.2, -0.15) is 0 Å². The Morgan fingerprint density at radius 2 is 2.05 bits per heavy atom. The number of aromatic carboxylic acids is 1. The molecule has 0 aliphatic rings. The van der Waals surface area contributed by atoms with Gasteiger partial charge in [0, 0.05) is 17.3 Å². The maximum atomic E-state index is 11.5. The summed E-state index contributed by atoms with van der Waals surface area (Å²) in [4.78, 5) is 15.7. The number of aromatic nitrogens is 2. The molecule has 0 saturated heterocycles. The summed E-state index contributed by atoms with van der Waals surface area (Å²) < 4.78 is 1.78. The zero-order valence-corrected chi connectivity index (χ0v) is 10.7. The third-order valence-corrected chi connectivity index (χ3v) is 3.28. The fourth-order valence-corrected chi connectivity index (χ4v) is 2.46. The molecule has 0 spiro atoms. The zero-order chi connectivity index (χ0) is 14.3. The van der Waals surface area contributed by atoms with Gasteiger partial charge < -0.3 is 10.2 Å². The molecular formula is C15H12N2O3. The topological polar surface area (TPSA) is 75.3 Å². The molecule has 0 amide bonds. The van der Waals surface area contributed by atoms with E-state index in [0.29, 0.717) is 22.4 Å². The van der Waals surface area contributed by atoms with Gasteiger partial charge in [-0.15, -0.1) is 0 Å². The number of rotatable bonds is 2. The van der Waals surface area contributed by atoms with Crippen molar-refractivity contribution in [3.8, 4) is 11.6 Å². The number of pyridine rings is 1. The van der Waals surface area contributed by atoms with Crippen molar-refractivity contribution < 1.29 is 15.0 Å². The van der Waals surface area contributed by atoms with Crippen LogP contribution in [0.2, 0.25) is 0 Å². The largest absolute Gasteiger partial charge is 0.508 e. The second-order valence-corrected chi connectivity index (χ2v) is 4.49. The number of carboxylic acid groups (broad SMARTS) is 1. The van der Waals surface area contributed by atoms with E-state index in [1.54, 1.807) is 29.8 Å². The molecule has 3 aromatic rings. The van der Waals surface area contributed by atoms with E-state index < -0.39 is 5.97 Å². The lowest BCUT2D eigenvalue weighted by atomic mass is 10.1. The average Bonchev–Trinajstić information content (AvgIpc) is 2.71. The van der Waals surface area contributed by atoms with Crippen LogP contribution in [0.3, 0.4) is 0 Å². The molecule has 0 aliphatic heterocycles. The fourth-order valence-electron chi connectivity index (χ4n) is 2.46. The van der Waals surface area contributed by atoms with Gasteiger partial charge in [-0.25, -0.2) is 9.78 Å². The van der Waals surface area contributed by atoms with E-state index in [2.05, 4.69) is 4.98 Å². The summed E-state index contributed by atoms with van der Waals surface area (Å²) in [7, 11) is 0. The lowest BCUT2D eigenvalue weighted by Crippen LogP contribution is -2.02. The van der Waals surface area contributed by atoms with Crippen LogP contribution in [0, 0.1) is 6.92 Å². The highest BCUT2D eigenvalue weighted by atomic mass is 16.4. The fraction of sp³-hybridized carbons (Fsp3) is 0.0667. The van der Waals surface area contributed by atoms with Crippen LogP contribution >= 0.6 is 0 Å². The van der Waals surface area contributed by atoms with Crippen LogP contribution in [0.4, 0.5) is 0 Å². The Labute approximate surface area is 114 Å². The summed E-state index contributed by atoms with van der Waals surface area (Å²) in [5, 5.41) is 19.5. The molecule has 20 heavy (non-hydrogen) atoms. The van der Waals surface area contributed by atoms with Crippen LogP contribution in [0.15, 0.2) is 42.6 Å². The van der Waals surface area contributed by atoms with Crippen molar-refractivity contribution in [2.45, 2.75) is 6.92 Å². The third-order valence-electron chi connectivity index (χ3n) is 3.28. The van der Waals surface area contributed by atoms with Gasteiger partial charge in [0.05, 0.1) is 11.1 Å². The Morgan fingerprint density at radius 3 is 2.70 bits per heavy atom. The van der Waals surface area contributed by atoms with E-state index in [1.165, 1.54) is 12.1 Å². The van der Waals surface area contributed by atoms with Gasteiger partial charge in [0.15, 0.2) is 0 Å². The van der Waals surface area contributed by atoms with Gasteiger partial charge in [-0.05, 0) is 37.3 Å². The lowest BCUT2D eigenvalue weighted by Gasteiger charge is -2.06. The van der Waals surface area contributed by atoms with E-state index in [4.69, 9.17) is 0 Å². The van der Waals surface area contributed by atoms with Crippen molar-refractivity contribution in [2.75, 3.05) is 0 Å². The van der Waals surface area contributed by atoms with Crippen LogP contribution in [-0.4, -0.2) is 25.7 Å². The molecule has 0 atom stereocenters. The molecule has 0 saturated carbocycles. The van der Waals surface area contributed by atoms with Crippen LogP contribution < -0.4 is 0 Å². The number of carboxylic acids is 1. The number of phenolic OH excluding ortho intramolecular Hbond substituents is 1. The summed E-state index contributed by atoms with van der Waals surface area (Å²) in [6.07, 6.45) is 1.65. The second kappa shape index (κ2) is 4.38. The Bertz CT molecular complexity index is 807. The van der Waals surface area contributed by atoms with Crippen molar-refractivity contribution in [1.29, 1.82) is 0 Å². The number of fused-ring (bicyclic) bond motifs is 1. The molecule has 2 N–H and O–H groups in total. The molecule has 2 heterocycles. The van der Waals surface area contributed by atoms with Crippen LogP contribution in [0.1, 0.15) is 16.1 Å². The first-order valence-corrected chi connectivity index (χ1v) is 6.08. The van der Waals surface area contributed by atoms with Crippen molar-refractivity contribution in [3.05, 3.63) is 53.9 Å². The predicted molar refractivity (Wildman–Crippen MR) is 74.4 cm³/mol. The van der Waals surface area contributed by atoms with Crippen LogP contribution in [0.5, 0.6) is 5.75 Å². The summed E-state index contributed by atoms with van der Waals surface area (Å²) in [5.41, 5.74) is 1.47. The zero-order valence-electron chi connectivity index (χ0n) is 10.7. The molecule has 2 aromatic heterocycles. The van der Waals surface area contributed by atoms with E-state index >= 15 is 0 Å². The quantitative estimate of drug-likeness (QED) is 0.749. The molecule has 0 bridgehead atoms. The molecule has 0 unspecified atom stereocenters. The average molecular weight is 268 g/mol. The van der Waals surface area contributed by atoms with Crippen molar-refractivity contribution in [3.63, 3.8) is 0 Å². The minimum absolute atomic E-state index is 0.0400. The first-order valence-electron chi connectivity index (χ1n) is 6.08. The Hall–Kier alpha value is -2.82. The van der Waals surface area contributed by atoms with Crippen molar-refractivity contribution >= 4 is 16.9 Å². The SMILES string of the molecule is Cc1c(C(=O)O)c2cc(O)ccc2n1-c1ccccn1. The number of nitrogens with zero attached hydrogens (tertiary/aromatic N) is 2. The molecule has 3 rings (SSSR count). The first-order chi connectivity index (χ1) is 9.59. The summed E-state index contributed by atoms with van der Waals surface area (Å²) in [5.74, 6) is -0.334. The number of hydrogen-bond donors (Lipinski definition) is 2. The molecular weight excluding hydrogens is 256 g/mol. The number of carbonyl (C=O) groups is 1. The highest BCUT2D eigenvalue weighted by Gasteiger charge is 2.20. The maximum absolute atomic E-state index is 11.5. The molecule has 0 radical (unpaired) electrons. The molecule has 0 aliphatic carbocycles. The Kier molecular flexibility index (Phi) is 2.68. The molecule has 0 fully saturated rings. The lowest BCUT2D eigenvalue weighted by molar-refractivity contribution is 0.0698. The number of aromatic hydroxyl groups is 1. The van der Waals surface area contributed by atoms with Crippen molar-refractivity contribution in [2.24, 2.45) is 0 Å². The maximum Gasteiger partial charge on any atom is 0.338 e. The van der Waals surface area contributed by atoms with Gasteiger partial charge >= 0.3 is 5.97 Å². The smallest absolute Gasteiger partial charge is 0.338 e. The van der Waals surface area contributed by atoms with E-state index in [0.717, 1.165) is 0 Å². The molecule has 5 nitrogen and oxygen atoms in total. The normalized spacial score (nSPS) is 10.8. The van der Waals surface area contributed by atoms with Gasteiger partial charge in [-0.3, -0.25) is 4.57 Å². The molecule has 100 valence electrons. The number of phenols is 1. The van der Waals surface area contributed by atoms with Gasteiger partial charge in [0.1, 0.15) is 11.6 Å². The molecule has 5 heteroatoms. The predicted octanol–water partition coefficient (Wildman–Crippen LogP) is 2.74. The summed E-state index contributed by atoms with van der Waals surface area (Å²) >= 11 is 0. The van der Waals surface area contributed by atoms with Crippen LogP contribution in [-0.2, 0) is 0 Å². The number of benzene rings is 1. The molecule has 1 aromatic carbocycles. The van der Waals surface area contributed by atoms with Gasteiger partial charge in [0.25, 0.3) is 0 Å². The highest BCUT2D eigenvalue weighted by molar-refractivity contribution is 6.06. The van der Waals surface area contributed by atoms with Gasteiger partial charge in [-0.1, -0.05) is 6.07 Å². The Morgan fingerprint density at radius 1 is 1.25 bits per heavy atom. The van der Waals surface area contributed by atoms with Crippen molar-refractivity contribution in [1.82, 2.24) is 9.55 Å².